The quantitative estimate of drug-likeness (QED) is 0.814. The molecule has 4 aliphatic rings. The van der Waals surface area contributed by atoms with Crippen molar-refractivity contribution in [3.63, 3.8) is 0 Å². The summed E-state index contributed by atoms with van der Waals surface area (Å²) >= 11 is 0. The number of rotatable bonds is 2. The molecule has 1 spiro atoms. The average Bonchev–Trinajstić information content (AvgIpc) is 2.93. The average molecular weight is 278 g/mol. The SMILES string of the molecule is O=C1NC2(CCCC2)C(=O)N(C2CCOC2)C1C1CC1. The monoisotopic (exact) mass is 278 g/mol. The van der Waals surface area contributed by atoms with Crippen molar-refractivity contribution in [2.75, 3.05) is 13.2 Å². The Morgan fingerprint density at radius 1 is 1.15 bits per heavy atom. The highest BCUT2D eigenvalue weighted by Crippen LogP contribution is 2.43. The number of hydrogen-bond donors (Lipinski definition) is 1. The third-order valence-electron chi connectivity index (χ3n) is 5.40. The van der Waals surface area contributed by atoms with Gasteiger partial charge in [-0.05, 0) is 38.0 Å². The first-order chi connectivity index (χ1) is 9.71. The highest BCUT2D eigenvalue weighted by molar-refractivity contribution is 6.00. The fourth-order valence-electron chi connectivity index (χ4n) is 4.17. The van der Waals surface area contributed by atoms with E-state index in [1.807, 2.05) is 4.90 Å². The Labute approximate surface area is 119 Å². The van der Waals surface area contributed by atoms with Crippen molar-refractivity contribution in [3.05, 3.63) is 0 Å². The van der Waals surface area contributed by atoms with Crippen LogP contribution in [0.2, 0.25) is 0 Å². The second-order valence-corrected chi connectivity index (χ2v) is 6.79. The number of nitrogens with zero attached hydrogens (tertiary/aromatic N) is 1. The van der Waals surface area contributed by atoms with Gasteiger partial charge in [0.1, 0.15) is 11.6 Å². The van der Waals surface area contributed by atoms with Gasteiger partial charge in [0.25, 0.3) is 0 Å². The van der Waals surface area contributed by atoms with E-state index in [-0.39, 0.29) is 23.9 Å². The van der Waals surface area contributed by atoms with Gasteiger partial charge in [0, 0.05) is 6.61 Å². The normalized spacial score (nSPS) is 36.7. The molecule has 0 aromatic heterocycles. The first kappa shape index (κ1) is 12.6. The summed E-state index contributed by atoms with van der Waals surface area (Å²) in [5.74, 6) is 0.626. The van der Waals surface area contributed by atoms with Gasteiger partial charge in [-0.2, -0.15) is 0 Å². The summed E-state index contributed by atoms with van der Waals surface area (Å²) in [7, 11) is 0. The van der Waals surface area contributed by atoms with Gasteiger partial charge in [0.2, 0.25) is 11.8 Å². The predicted octanol–water partition coefficient (Wildman–Crippen LogP) is 0.825. The molecular weight excluding hydrogens is 256 g/mol. The zero-order valence-corrected chi connectivity index (χ0v) is 11.8. The minimum absolute atomic E-state index is 0.0842. The number of amides is 2. The molecular formula is C15H22N2O3. The van der Waals surface area contributed by atoms with Crippen molar-refractivity contribution in [2.45, 2.75) is 62.6 Å². The molecule has 2 saturated carbocycles. The van der Waals surface area contributed by atoms with Gasteiger partial charge in [0.05, 0.1) is 12.6 Å². The van der Waals surface area contributed by atoms with Gasteiger partial charge < -0.3 is 15.0 Å². The maximum atomic E-state index is 13.1. The summed E-state index contributed by atoms with van der Waals surface area (Å²) < 4.78 is 5.47. The molecule has 110 valence electrons. The third-order valence-corrected chi connectivity index (χ3v) is 5.40. The highest BCUT2D eigenvalue weighted by atomic mass is 16.5. The van der Waals surface area contributed by atoms with Crippen LogP contribution in [0.4, 0.5) is 0 Å². The van der Waals surface area contributed by atoms with E-state index >= 15 is 0 Å². The van der Waals surface area contributed by atoms with Crippen LogP contribution < -0.4 is 5.32 Å². The molecule has 2 unspecified atom stereocenters. The first-order valence-corrected chi connectivity index (χ1v) is 7.94. The minimum Gasteiger partial charge on any atom is -0.379 e. The van der Waals surface area contributed by atoms with Crippen molar-refractivity contribution >= 4 is 11.8 Å². The first-order valence-electron chi connectivity index (χ1n) is 7.94. The van der Waals surface area contributed by atoms with E-state index in [0.29, 0.717) is 19.1 Å². The van der Waals surface area contributed by atoms with Crippen LogP contribution in [0.15, 0.2) is 0 Å². The molecule has 2 aliphatic carbocycles. The molecule has 2 heterocycles. The lowest BCUT2D eigenvalue weighted by molar-refractivity contribution is -0.158. The second kappa shape index (κ2) is 4.45. The molecule has 4 fully saturated rings. The lowest BCUT2D eigenvalue weighted by Gasteiger charge is -2.47. The summed E-state index contributed by atoms with van der Waals surface area (Å²) in [6.45, 7) is 1.30. The molecule has 5 heteroatoms. The lowest BCUT2D eigenvalue weighted by atomic mass is 9.88. The zero-order chi connectivity index (χ0) is 13.7. The number of hydrogen-bond acceptors (Lipinski definition) is 3. The molecule has 2 aliphatic heterocycles. The minimum atomic E-state index is -0.592. The Kier molecular flexibility index (Phi) is 2.81. The fourth-order valence-corrected chi connectivity index (χ4v) is 4.17. The Morgan fingerprint density at radius 2 is 1.90 bits per heavy atom. The van der Waals surface area contributed by atoms with Gasteiger partial charge in [-0.25, -0.2) is 0 Å². The van der Waals surface area contributed by atoms with Crippen molar-refractivity contribution in [2.24, 2.45) is 5.92 Å². The Hall–Kier alpha value is -1.10. The highest BCUT2D eigenvalue weighted by Gasteiger charge is 2.57. The van der Waals surface area contributed by atoms with E-state index in [9.17, 15) is 9.59 Å². The van der Waals surface area contributed by atoms with Crippen LogP contribution >= 0.6 is 0 Å². The number of nitrogens with one attached hydrogen (secondary N) is 1. The van der Waals surface area contributed by atoms with Crippen LogP contribution in [0.1, 0.15) is 44.9 Å². The molecule has 0 bridgehead atoms. The van der Waals surface area contributed by atoms with Crippen molar-refractivity contribution in [1.29, 1.82) is 0 Å². The van der Waals surface area contributed by atoms with E-state index in [1.54, 1.807) is 0 Å². The summed E-state index contributed by atoms with van der Waals surface area (Å²) in [5, 5.41) is 3.10. The molecule has 0 aromatic carbocycles. The zero-order valence-electron chi connectivity index (χ0n) is 11.8. The number of carbonyl (C=O) groups is 2. The Bertz CT molecular complexity index is 434. The standard InChI is InChI=1S/C15H22N2O3/c18-13-12(10-3-4-10)17(11-5-8-20-9-11)14(19)15(16-13)6-1-2-7-15/h10-12H,1-9H2,(H,16,18). The van der Waals surface area contributed by atoms with Crippen LogP contribution in [0.25, 0.3) is 0 Å². The van der Waals surface area contributed by atoms with E-state index in [1.165, 1.54) is 0 Å². The summed E-state index contributed by atoms with van der Waals surface area (Å²) in [5.41, 5.74) is -0.592. The molecule has 1 N–H and O–H groups in total. The van der Waals surface area contributed by atoms with Gasteiger partial charge in [-0.15, -0.1) is 0 Å². The van der Waals surface area contributed by atoms with Crippen molar-refractivity contribution in [1.82, 2.24) is 10.2 Å². The molecule has 2 amide bonds. The van der Waals surface area contributed by atoms with E-state index in [0.717, 1.165) is 44.9 Å². The van der Waals surface area contributed by atoms with E-state index < -0.39 is 5.54 Å². The van der Waals surface area contributed by atoms with E-state index in [2.05, 4.69) is 5.32 Å². The van der Waals surface area contributed by atoms with Crippen LogP contribution in [0, 0.1) is 5.92 Å². The summed E-state index contributed by atoms with van der Waals surface area (Å²) in [4.78, 5) is 27.6. The van der Waals surface area contributed by atoms with Crippen molar-refractivity contribution in [3.8, 4) is 0 Å². The smallest absolute Gasteiger partial charge is 0.249 e. The van der Waals surface area contributed by atoms with Crippen LogP contribution in [0.3, 0.4) is 0 Å². The van der Waals surface area contributed by atoms with Crippen molar-refractivity contribution < 1.29 is 14.3 Å². The number of piperazine rings is 1. The third kappa shape index (κ3) is 1.79. The van der Waals surface area contributed by atoms with Crippen LogP contribution in [0.5, 0.6) is 0 Å². The van der Waals surface area contributed by atoms with Gasteiger partial charge >= 0.3 is 0 Å². The van der Waals surface area contributed by atoms with Gasteiger partial charge in [-0.3, -0.25) is 9.59 Å². The van der Waals surface area contributed by atoms with E-state index in [4.69, 9.17) is 4.74 Å². The van der Waals surface area contributed by atoms with Gasteiger partial charge in [-0.1, -0.05) is 12.8 Å². The molecule has 2 atom stereocenters. The Morgan fingerprint density at radius 3 is 2.50 bits per heavy atom. The molecule has 2 saturated heterocycles. The maximum Gasteiger partial charge on any atom is 0.249 e. The number of carbonyl (C=O) groups excluding carboxylic acids is 2. The Balaban J connectivity index is 1.68. The lowest BCUT2D eigenvalue weighted by Crippen LogP contribution is -2.71. The maximum absolute atomic E-state index is 13.1. The number of ether oxygens (including phenoxy) is 1. The van der Waals surface area contributed by atoms with Crippen LogP contribution in [-0.4, -0.2) is 47.6 Å². The topological polar surface area (TPSA) is 58.6 Å². The molecule has 0 radical (unpaired) electrons. The van der Waals surface area contributed by atoms with Gasteiger partial charge in [0.15, 0.2) is 0 Å². The summed E-state index contributed by atoms with van der Waals surface area (Å²) in [6, 6.07) is -0.128. The van der Waals surface area contributed by atoms with Crippen LogP contribution in [-0.2, 0) is 14.3 Å². The molecule has 5 nitrogen and oxygen atoms in total. The fraction of sp³-hybridized carbons (Fsp3) is 0.867. The molecule has 4 rings (SSSR count). The summed E-state index contributed by atoms with van der Waals surface area (Å²) in [6.07, 6.45) is 6.70. The molecule has 20 heavy (non-hydrogen) atoms. The molecule has 0 aromatic rings. The largest absolute Gasteiger partial charge is 0.379 e. The predicted molar refractivity (Wildman–Crippen MR) is 71.9 cm³/mol. The second-order valence-electron chi connectivity index (χ2n) is 6.79.